The second-order valence-corrected chi connectivity index (χ2v) is 4.40. The highest BCUT2D eigenvalue weighted by molar-refractivity contribution is 6.04. The minimum atomic E-state index is -0.0579. The van der Waals surface area contributed by atoms with Gasteiger partial charge in [0.25, 0.3) is 0 Å². The van der Waals surface area contributed by atoms with Gasteiger partial charge in [0.2, 0.25) is 0 Å². The van der Waals surface area contributed by atoms with E-state index in [0.717, 1.165) is 13.1 Å². The largest absolute Gasteiger partial charge is 0.493 e. The summed E-state index contributed by atoms with van der Waals surface area (Å²) in [6, 6.07) is 5.15. The summed E-state index contributed by atoms with van der Waals surface area (Å²) in [4.78, 5) is 14.2. The molecule has 1 aliphatic rings. The van der Waals surface area contributed by atoms with E-state index in [1.807, 2.05) is 6.20 Å². The van der Waals surface area contributed by atoms with Crippen LogP contribution in [0.1, 0.15) is 10.4 Å². The van der Waals surface area contributed by atoms with Crippen LogP contribution in [0.3, 0.4) is 0 Å². The molecule has 0 saturated carbocycles. The number of carbonyl (C=O) groups excluding carboxylic acids is 1. The molecular formula is C15H19NO4. The summed E-state index contributed by atoms with van der Waals surface area (Å²) in [5.74, 6) is 1.11. The second-order valence-electron chi connectivity index (χ2n) is 4.40. The standard InChI is InChI=1S/C15H19NO4/c1-18-14-4-3-12(11-15(14)19-2)13(17)5-6-16-7-9-20-10-8-16/h3-6,11H,7-10H2,1-2H3/b6-5+. The van der Waals surface area contributed by atoms with Crippen LogP contribution >= 0.6 is 0 Å². The number of hydrogen-bond acceptors (Lipinski definition) is 5. The molecule has 0 atom stereocenters. The van der Waals surface area contributed by atoms with E-state index < -0.39 is 0 Å². The first-order valence-corrected chi connectivity index (χ1v) is 6.51. The molecule has 1 fully saturated rings. The molecule has 1 saturated heterocycles. The fraction of sp³-hybridized carbons (Fsp3) is 0.400. The SMILES string of the molecule is COc1ccc(C(=O)/C=C/N2CCOCC2)cc1OC. The first kappa shape index (κ1) is 14.4. The fourth-order valence-electron chi connectivity index (χ4n) is 1.99. The smallest absolute Gasteiger partial charge is 0.187 e. The van der Waals surface area contributed by atoms with Crippen LogP contribution in [0.25, 0.3) is 0 Å². The van der Waals surface area contributed by atoms with Gasteiger partial charge in [-0.1, -0.05) is 0 Å². The quantitative estimate of drug-likeness (QED) is 0.606. The summed E-state index contributed by atoms with van der Waals surface area (Å²) in [6.07, 6.45) is 3.40. The van der Waals surface area contributed by atoms with Gasteiger partial charge in [0.05, 0.1) is 27.4 Å². The summed E-state index contributed by atoms with van der Waals surface area (Å²) in [6.45, 7) is 3.04. The minimum Gasteiger partial charge on any atom is -0.493 e. The van der Waals surface area contributed by atoms with Gasteiger partial charge in [0, 0.05) is 30.9 Å². The molecular weight excluding hydrogens is 258 g/mol. The molecule has 0 unspecified atom stereocenters. The molecule has 1 aliphatic heterocycles. The molecule has 1 heterocycles. The Morgan fingerprint density at radius 3 is 2.55 bits per heavy atom. The molecule has 0 bridgehead atoms. The monoisotopic (exact) mass is 277 g/mol. The summed E-state index contributed by atoms with van der Waals surface area (Å²) >= 11 is 0. The van der Waals surface area contributed by atoms with Crippen molar-refractivity contribution in [1.29, 1.82) is 0 Å². The molecule has 0 amide bonds. The van der Waals surface area contributed by atoms with Crippen LogP contribution < -0.4 is 9.47 Å². The van der Waals surface area contributed by atoms with Gasteiger partial charge in [-0.25, -0.2) is 0 Å². The van der Waals surface area contributed by atoms with Gasteiger partial charge >= 0.3 is 0 Å². The number of ether oxygens (including phenoxy) is 3. The molecule has 2 rings (SSSR count). The molecule has 0 aliphatic carbocycles. The summed E-state index contributed by atoms with van der Waals surface area (Å²) < 4.78 is 15.6. The molecule has 0 spiro atoms. The molecule has 0 radical (unpaired) electrons. The zero-order valence-corrected chi connectivity index (χ0v) is 11.8. The van der Waals surface area contributed by atoms with Crippen LogP contribution in [-0.2, 0) is 4.74 Å². The van der Waals surface area contributed by atoms with Crippen molar-refractivity contribution < 1.29 is 19.0 Å². The van der Waals surface area contributed by atoms with Gasteiger partial charge in [-0.2, -0.15) is 0 Å². The zero-order chi connectivity index (χ0) is 14.4. The maximum absolute atomic E-state index is 12.1. The fourth-order valence-corrected chi connectivity index (χ4v) is 1.99. The third-order valence-corrected chi connectivity index (χ3v) is 3.15. The van der Waals surface area contributed by atoms with Crippen molar-refractivity contribution in [2.45, 2.75) is 0 Å². The Bertz CT molecular complexity index is 493. The highest BCUT2D eigenvalue weighted by Crippen LogP contribution is 2.27. The van der Waals surface area contributed by atoms with Crippen molar-refractivity contribution in [3.05, 3.63) is 36.0 Å². The lowest BCUT2D eigenvalue weighted by Gasteiger charge is -2.24. The predicted molar refractivity (Wildman–Crippen MR) is 75.4 cm³/mol. The Morgan fingerprint density at radius 1 is 1.20 bits per heavy atom. The maximum atomic E-state index is 12.1. The number of methoxy groups -OCH3 is 2. The molecule has 1 aromatic rings. The number of nitrogens with zero attached hydrogens (tertiary/aromatic N) is 1. The summed E-state index contributed by atoms with van der Waals surface area (Å²) in [7, 11) is 3.12. The maximum Gasteiger partial charge on any atom is 0.187 e. The lowest BCUT2D eigenvalue weighted by atomic mass is 10.1. The Balaban J connectivity index is 2.06. The second kappa shape index (κ2) is 6.96. The van der Waals surface area contributed by atoms with Gasteiger partial charge in [-0.15, -0.1) is 0 Å². The Labute approximate surface area is 118 Å². The van der Waals surface area contributed by atoms with E-state index in [1.165, 1.54) is 0 Å². The lowest BCUT2D eigenvalue weighted by molar-refractivity contribution is 0.0591. The Morgan fingerprint density at radius 2 is 1.90 bits per heavy atom. The van der Waals surface area contributed by atoms with Crippen LogP contribution in [0.4, 0.5) is 0 Å². The molecule has 0 N–H and O–H groups in total. The Hall–Kier alpha value is -2.01. The van der Waals surface area contributed by atoms with Gasteiger partial charge in [0.15, 0.2) is 17.3 Å². The number of carbonyl (C=O) groups is 1. The van der Waals surface area contributed by atoms with Gasteiger partial charge in [0.1, 0.15) is 0 Å². The van der Waals surface area contributed by atoms with Crippen molar-refractivity contribution >= 4 is 5.78 Å². The number of morpholine rings is 1. The van der Waals surface area contributed by atoms with Crippen molar-refractivity contribution in [3.8, 4) is 11.5 Å². The summed E-state index contributed by atoms with van der Waals surface area (Å²) in [5, 5.41) is 0. The average molecular weight is 277 g/mol. The predicted octanol–water partition coefficient (Wildman–Crippen LogP) is 1.73. The number of hydrogen-bond donors (Lipinski definition) is 0. The van der Waals surface area contributed by atoms with Gasteiger partial charge < -0.3 is 19.1 Å². The number of ketones is 1. The van der Waals surface area contributed by atoms with E-state index >= 15 is 0 Å². The summed E-state index contributed by atoms with van der Waals surface area (Å²) in [5.41, 5.74) is 0.576. The Kier molecular flexibility index (Phi) is 5.01. The molecule has 5 nitrogen and oxygen atoms in total. The van der Waals surface area contributed by atoms with Crippen LogP contribution in [-0.4, -0.2) is 51.2 Å². The van der Waals surface area contributed by atoms with Crippen LogP contribution in [0.5, 0.6) is 11.5 Å². The first-order valence-electron chi connectivity index (χ1n) is 6.51. The highest BCUT2D eigenvalue weighted by atomic mass is 16.5. The van der Waals surface area contributed by atoms with Crippen molar-refractivity contribution in [3.63, 3.8) is 0 Å². The highest BCUT2D eigenvalue weighted by Gasteiger charge is 2.10. The first-order chi connectivity index (χ1) is 9.74. The van der Waals surface area contributed by atoms with Crippen molar-refractivity contribution in [2.75, 3.05) is 40.5 Å². The number of rotatable bonds is 5. The van der Waals surface area contributed by atoms with Crippen LogP contribution in [0.15, 0.2) is 30.5 Å². The lowest BCUT2D eigenvalue weighted by Crippen LogP contribution is -2.32. The van der Waals surface area contributed by atoms with E-state index in [9.17, 15) is 4.79 Å². The zero-order valence-electron chi connectivity index (χ0n) is 11.8. The normalized spacial score (nSPS) is 15.4. The molecule has 5 heteroatoms. The van der Waals surface area contributed by atoms with E-state index in [0.29, 0.717) is 30.3 Å². The van der Waals surface area contributed by atoms with E-state index in [1.54, 1.807) is 38.5 Å². The number of allylic oxidation sites excluding steroid dienone is 1. The van der Waals surface area contributed by atoms with Gasteiger partial charge in [-0.3, -0.25) is 4.79 Å². The molecule has 20 heavy (non-hydrogen) atoms. The van der Waals surface area contributed by atoms with E-state index in [-0.39, 0.29) is 5.78 Å². The molecule has 108 valence electrons. The van der Waals surface area contributed by atoms with Crippen LogP contribution in [0, 0.1) is 0 Å². The molecule has 0 aromatic heterocycles. The van der Waals surface area contributed by atoms with E-state index in [4.69, 9.17) is 14.2 Å². The number of benzene rings is 1. The minimum absolute atomic E-state index is 0.0579. The van der Waals surface area contributed by atoms with E-state index in [2.05, 4.69) is 4.90 Å². The topological polar surface area (TPSA) is 48.0 Å². The van der Waals surface area contributed by atoms with Crippen molar-refractivity contribution in [1.82, 2.24) is 4.90 Å². The third kappa shape index (κ3) is 3.51. The molecule has 1 aromatic carbocycles. The van der Waals surface area contributed by atoms with Crippen molar-refractivity contribution in [2.24, 2.45) is 0 Å². The third-order valence-electron chi connectivity index (χ3n) is 3.15. The van der Waals surface area contributed by atoms with Gasteiger partial charge in [-0.05, 0) is 18.2 Å². The average Bonchev–Trinajstić information content (AvgIpc) is 2.52. The van der Waals surface area contributed by atoms with Crippen LogP contribution in [0.2, 0.25) is 0 Å².